The molecular formula is C22H19NO3S. The van der Waals surface area contributed by atoms with Gasteiger partial charge in [0.05, 0.1) is 16.1 Å². The molecule has 5 heteroatoms. The summed E-state index contributed by atoms with van der Waals surface area (Å²) in [6.07, 6.45) is 2.23. The first-order valence-electron chi connectivity index (χ1n) is 9.09. The zero-order chi connectivity index (χ0) is 18.4. The molecule has 3 aromatic rings. The molecule has 0 spiro atoms. The van der Waals surface area contributed by atoms with Crippen molar-refractivity contribution in [3.05, 3.63) is 64.0 Å². The van der Waals surface area contributed by atoms with Crippen LogP contribution in [0.3, 0.4) is 0 Å². The van der Waals surface area contributed by atoms with Gasteiger partial charge in [-0.15, -0.1) is 11.3 Å². The Balaban J connectivity index is 1.39. The molecule has 2 aromatic carbocycles. The molecule has 4 nitrogen and oxygen atoms in total. The van der Waals surface area contributed by atoms with E-state index in [2.05, 4.69) is 16.4 Å². The van der Waals surface area contributed by atoms with E-state index in [1.807, 2.05) is 43.3 Å². The van der Waals surface area contributed by atoms with Crippen LogP contribution in [0.1, 0.15) is 29.0 Å². The smallest absolute Gasteiger partial charge is 0.231 e. The van der Waals surface area contributed by atoms with Crippen molar-refractivity contribution in [1.82, 2.24) is 4.98 Å². The van der Waals surface area contributed by atoms with E-state index in [9.17, 15) is 4.79 Å². The standard InChI is InChI=1S/C22H19NO3S/c1-14-23-18(12-27-14)16-4-2-3-15(9-16)10-21(24)22(7-8-22)17-5-6-19-20(11-17)26-13-25-19/h2-6,9,11-12H,7-8,10,13H2,1H3. The number of thiazole rings is 1. The highest BCUT2D eigenvalue weighted by atomic mass is 32.1. The van der Waals surface area contributed by atoms with Crippen LogP contribution in [-0.4, -0.2) is 17.6 Å². The van der Waals surface area contributed by atoms with Crippen LogP contribution < -0.4 is 9.47 Å². The SMILES string of the molecule is Cc1nc(-c2cccc(CC(=O)C3(c4ccc5c(c4)OCO5)CC3)c2)cs1. The predicted molar refractivity (Wildman–Crippen MR) is 104 cm³/mol. The number of carbonyl (C=O) groups is 1. The number of Topliss-reactive ketones (excluding diaryl/α,β-unsaturated/α-hetero) is 1. The van der Waals surface area contributed by atoms with Crippen LogP contribution in [0.25, 0.3) is 11.3 Å². The maximum Gasteiger partial charge on any atom is 0.231 e. The number of hydrogen-bond donors (Lipinski definition) is 0. The third-order valence-electron chi connectivity index (χ3n) is 5.42. The number of ether oxygens (including phenoxy) is 2. The Bertz CT molecular complexity index is 1040. The average Bonchev–Trinajstić information content (AvgIpc) is 3.16. The van der Waals surface area contributed by atoms with Gasteiger partial charge in [-0.1, -0.05) is 24.3 Å². The molecule has 5 rings (SSSR count). The second kappa shape index (κ2) is 6.20. The molecule has 0 bridgehead atoms. The first-order valence-corrected chi connectivity index (χ1v) is 9.97. The van der Waals surface area contributed by atoms with Crippen LogP contribution >= 0.6 is 11.3 Å². The zero-order valence-corrected chi connectivity index (χ0v) is 15.8. The van der Waals surface area contributed by atoms with Gasteiger partial charge in [0.15, 0.2) is 11.5 Å². The van der Waals surface area contributed by atoms with Crippen LogP contribution in [0, 0.1) is 6.92 Å². The van der Waals surface area contributed by atoms with Crippen LogP contribution in [-0.2, 0) is 16.6 Å². The van der Waals surface area contributed by atoms with E-state index in [0.29, 0.717) is 6.42 Å². The second-order valence-corrected chi connectivity index (χ2v) is 8.26. The van der Waals surface area contributed by atoms with Crippen molar-refractivity contribution in [1.29, 1.82) is 0 Å². The highest BCUT2D eigenvalue weighted by molar-refractivity contribution is 7.09. The van der Waals surface area contributed by atoms with E-state index in [1.165, 1.54) is 0 Å². The van der Waals surface area contributed by atoms with Crippen molar-refractivity contribution < 1.29 is 14.3 Å². The lowest BCUT2D eigenvalue weighted by Crippen LogP contribution is -2.22. The number of hydrogen-bond acceptors (Lipinski definition) is 5. The third kappa shape index (κ3) is 2.92. The summed E-state index contributed by atoms with van der Waals surface area (Å²) in [6.45, 7) is 2.26. The van der Waals surface area contributed by atoms with Crippen molar-refractivity contribution in [2.45, 2.75) is 31.6 Å². The van der Waals surface area contributed by atoms with Crippen molar-refractivity contribution in [3.8, 4) is 22.8 Å². The normalized spacial score (nSPS) is 16.3. The number of fused-ring (bicyclic) bond motifs is 1. The van der Waals surface area contributed by atoms with Crippen LogP contribution in [0.15, 0.2) is 47.8 Å². The average molecular weight is 377 g/mol. The molecule has 0 amide bonds. The lowest BCUT2D eigenvalue weighted by atomic mass is 9.87. The summed E-state index contributed by atoms with van der Waals surface area (Å²) in [7, 11) is 0. The Labute approximate surface area is 161 Å². The largest absolute Gasteiger partial charge is 0.454 e. The summed E-state index contributed by atoms with van der Waals surface area (Å²) in [4.78, 5) is 17.7. The number of benzene rings is 2. The van der Waals surface area contributed by atoms with Gasteiger partial charge in [-0.2, -0.15) is 0 Å². The molecule has 2 heterocycles. The van der Waals surface area contributed by atoms with E-state index < -0.39 is 0 Å². The van der Waals surface area contributed by atoms with Crippen molar-refractivity contribution >= 4 is 17.1 Å². The van der Waals surface area contributed by atoms with Crippen LogP contribution in [0.2, 0.25) is 0 Å². The predicted octanol–water partition coefficient (Wildman–Crippen LogP) is 4.69. The lowest BCUT2D eigenvalue weighted by molar-refractivity contribution is -0.120. The summed E-state index contributed by atoms with van der Waals surface area (Å²) in [5.74, 6) is 1.77. The van der Waals surface area contributed by atoms with Gasteiger partial charge < -0.3 is 9.47 Å². The molecule has 27 heavy (non-hydrogen) atoms. The fourth-order valence-electron chi connectivity index (χ4n) is 3.74. The minimum absolute atomic E-state index is 0.253. The first kappa shape index (κ1) is 16.5. The fourth-order valence-corrected chi connectivity index (χ4v) is 4.36. The van der Waals surface area contributed by atoms with Crippen molar-refractivity contribution in [2.75, 3.05) is 6.79 Å². The molecule has 1 aromatic heterocycles. The van der Waals surface area contributed by atoms with Gasteiger partial charge in [0.25, 0.3) is 0 Å². The fraction of sp³-hybridized carbons (Fsp3) is 0.273. The molecule has 136 valence electrons. The molecule has 0 saturated heterocycles. The number of ketones is 1. The quantitative estimate of drug-likeness (QED) is 0.647. The maximum atomic E-state index is 13.2. The van der Waals surface area contributed by atoms with Crippen LogP contribution in [0.4, 0.5) is 0 Å². The lowest BCUT2D eigenvalue weighted by Gasteiger charge is -2.15. The number of carbonyl (C=O) groups excluding carboxylic acids is 1. The monoisotopic (exact) mass is 377 g/mol. The Kier molecular flexibility index (Phi) is 3.79. The van der Waals surface area contributed by atoms with E-state index in [4.69, 9.17) is 9.47 Å². The Morgan fingerprint density at radius 1 is 1.15 bits per heavy atom. The van der Waals surface area contributed by atoms with Gasteiger partial charge in [-0.25, -0.2) is 4.98 Å². The zero-order valence-electron chi connectivity index (χ0n) is 15.0. The van der Waals surface area contributed by atoms with E-state index in [-0.39, 0.29) is 18.0 Å². The second-order valence-electron chi connectivity index (χ2n) is 7.20. The molecule has 0 atom stereocenters. The van der Waals surface area contributed by atoms with Gasteiger partial charge in [0.1, 0.15) is 5.78 Å². The maximum absolute atomic E-state index is 13.2. The highest BCUT2D eigenvalue weighted by Gasteiger charge is 2.50. The number of aromatic nitrogens is 1. The van der Waals surface area contributed by atoms with E-state index in [1.54, 1.807) is 11.3 Å². The molecule has 0 radical (unpaired) electrons. The third-order valence-corrected chi connectivity index (χ3v) is 6.19. The van der Waals surface area contributed by atoms with Crippen LogP contribution in [0.5, 0.6) is 11.5 Å². The molecule has 1 fully saturated rings. The molecule has 2 aliphatic rings. The van der Waals surface area contributed by atoms with Gasteiger partial charge in [-0.05, 0) is 49.1 Å². The molecule has 0 N–H and O–H groups in total. The highest BCUT2D eigenvalue weighted by Crippen LogP contribution is 2.51. The number of aryl methyl sites for hydroxylation is 1. The van der Waals surface area contributed by atoms with Crippen molar-refractivity contribution in [3.63, 3.8) is 0 Å². The summed E-state index contributed by atoms with van der Waals surface area (Å²) in [5.41, 5.74) is 3.76. The minimum Gasteiger partial charge on any atom is -0.454 e. The van der Waals surface area contributed by atoms with Gasteiger partial charge >= 0.3 is 0 Å². The van der Waals surface area contributed by atoms with Crippen molar-refractivity contribution in [2.24, 2.45) is 0 Å². The minimum atomic E-state index is -0.367. The Morgan fingerprint density at radius 3 is 2.78 bits per heavy atom. The number of nitrogens with zero attached hydrogens (tertiary/aromatic N) is 1. The summed E-state index contributed by atoms with van der Waals surface area (Å²) in [6, 6.07) is 14.1. The van der Waals surface area contributed by atoms with E-state index in [0.717, 1.165) is 51.7 Å². The number of rotatable bonds is 5. The topological polar surface area (TPSA) is 48.4 Å². The molecule has 0 unspecified atom stereocenters. The van der Waals surface area contributed by atoms with Gasteiger partial charge in [0.2, 0.25) is 6.79 Å². The van der Waals surface area contributed by atoms with Gasteiger partial charge in [-0.3, -0.25) is 4.79 Å². The van der Waals surface area contributed by atoms with E-state index >= 15 is 0 Å². The molecular weight excluding hydrogens is 358 g/mol. The Morgan fingerprint density at radius 2 is 2.00 bits per heavy atom. The Hall–Kier alpha value is -2.66. The summed E-state index contributed by atoms with van der Waals surface area (Å²) in [5, 5.41) is 3.11. The molecule has 1 saturated carbocycles. The summed E-state index contributed by atoms with van der Waals surface area (Å²) < 4.78 is 10.9. The first-order chi connectivity index (χ1) is 13.1. The molecule has 1 aliphatic heterocycles. The molecule has 1 aliphatic carbocycles. The van der Waals surface area contributed by atoms with Gasteiger partial charge in [0, 0.05) is 17.4 Å². The summed E-state index contributed by atoms with van der Waals surface area (Å²) >= 11 is 1.64.